The number of nitrogen functional groups attached to an aromatic ring is 1. The van der Waals surface area contributed by atoms with Crippen LogP contribution in [0.5, 0.6) is 0 Å². The summed E-state index contributed by atoms with van der Waals surface area (Å²) in [7, 11) is -3.39. The van der Waals surface area contributed by atoms with E-state index in [1.165, 1.54) is 12.1 Å². The zero-order chi connectivity index (χ0) is 14.5. The van der Waals surface area contributed by atoms with Crippen LogP contribution in [0.2, 0.25) is 0 Å². The number of rotatable bonds is 7. The summed E-state index contributed by atoms with van der Waals surface area (Å²) in [5, 5.41) is 7.31. The molecule has 1 rings (SSSR count). The molecule has 0 atom stereocenters. The Balaban J connectivity index is 2.72. The molecule has 0 amide bonds. The fraction of sp³-hybridized carbons (Fsp3) is 0.462. The van der Waals surface area contributed by atoms with Gasteiger partial charge in [-0.05, 0) is 18.1 Å². The Hall–Kier alpha value is -1.40. The van der Waals surface area contributed by atoms with E-state index in [0.717, 1.165) is 0 Å². The summed E-state index contributed by atoms with van der Waals surface area (Å²) in [5.41, 5.74) is 5.75. The number of benzene rings is 1. The molecule has 0 fully saturated rings. The second-order valence-corrected chi connectivity index (χ2v) is 6.84. The summed E-state index contributed by atoms with van der Waals surface area (Å²) in [6, 6.07) is 6.11. The lowest BCUT2D eigenvalue weighted by molar-refractivity contribution is 0.123. The van der Waals surface area contributed by atoms with Gasteiger partial charge in [0.2, 0.25) is 0 Å². The quantitative estimate of drug-likeness (QED) is 0.450. The van der Waals surface area contributed by atoms with Gasteiger partial charge in [0.15, 0.2) is 9.84 Å². The van der Waals surface area contributed by atoms with Crippen molar-refractivity contribution in [2.75, 3.05) is 19.0 Å². The van der Waals surface area contributed by atoms with E-state index in [2.05, 4.69) is 0 Å². The Kier molecular flexibility index (Phi) is 5.50. The number of amidine groups is 1. The summed E-state index contributed by atoms with van der Waals surface area (Å²) in [6.07, 6.45) is 0. The van der Waals surface area contributed by atoms with E-state index in [4.69, 9.17) is 15.9 Å². The van der Waals surface area contributed by atoms with E-state index in [1.54, 1.807) is 12.1 Å². The summed E-state index contributed by atoms with van der Waals surface area (Å²) >= 11 is 0. The van der Waals surface area contributed by atoms with Crippen molar-refractivity contribution in [1.29, 1.82) is 5.41 Å². The van der Waals surface area contributed by atoms with E-state index in [-0.39, 0.29) is 23.1 Å². The van der Waals surface area contributed by atoms with Crippen molar-refractivity contribution in [2.45, 2.75) is 18.7 Å². The van der Waals surface area contributed by atoms with E-state index < -0.39 is 9.84 Å². The summed E-state index contributed by atoms with van der Waals surface area (Å²) < 4.78 is 29.4. The van der Waals surface area contributed by atoms with Gasteiger partial charge in [-0.3, -0.25) is 5.41 Å². The first-order chi connectivity index (χ1) is 8.83. The average molecular weight is 284 g/mol. The van der Waals surface area contributed by atoms with Gasteiger partial charge >= 0.3 is 0 Å². The Morgan fingerprint density at radius 2 is 2.11 bits per heavy atom. The van der Waals surface area contributed by atoms with Gasteiger partial charge in [0.25, 0.3) is 0 Å². The van der Waals surface area contributed by atoms with E-state index in [9.17, 15) is 8.42 Å². The standard InChI is InChI=1S/C13H20N2O3S/c1-10(2)9-18-6-7-19(16,17)12-5-3-4-11(8-12)13(14)15/h3-5,8,10H,6-7,9H2,1-2H3,(H3,14,15). The van der Waals surface area contributed by atoms with Gasteiger partial charge in [-0.1, -0.05) is 26.0 Å². The van der Waals surface area contributed by atoms with Crippen LogP contribution in [-0.4, -0.2) is 33.2 Å². The van der Waals surface area contributed by atoms with E-state index in [0.29, 0.717) is 18.1 Å². The van der Waals surface area contributed by atoms with Gasteiger partial charge in [-0.15, -0.1) is 0 Å². The van der Waals surface area contributed by atoms with Crippen LogP contribution >= 0.6 is 0 Å². The number of hydrogen-bond acceptors (Lipinski definition) is 4. The lowest BCUT2D eigenvalue weighted by Gasteiger charge is -2.08. The van der Waals surface area contributed by atoms with Crippen molar-refractivity contribution in [1.82, 2.24) is 0 Å². The predicted octanol–water partition coefficient (Wildman–Crippen LogP) is 1.42. The van der Waals surface area contributed by atoms with Gasteiger partial charge in [-0.2, -0.15) is 0 Å². The number of nitrogens with two attached hydrogens (primary N) is 1. The molecule has 0 spiro atoms. The maximum Gasteiger partial charge on any atom is 0.180 e. The molecule has 6 heteroatoms. The molecule has 0 saturated heterocycles. The first-order valence-electron chi connectivity index (χ1n) is 6.08. The molecule has 19 heavy (non-hydrogen) atoms. The molecule has 3 N–H and O–H groups in total. The molecular weight excluding hydrogens is 264 g/mol. The number of sulfone groups is 1. The highest BCUT2D eigenvalue weighted by Crippen LogP contribution is 2.13. The molecule has 0 saturated carbocycles. The van der Waals surface area contributed by atoms with Crippen LogP contribution in [0.3, 0.4) is 0 Å². The normalized spacial score (nSPS) is 11.7. The minimum Gasteiger partial charge on any atom is -0.384 e. The Morgan fingerprint density at radius 3 is 2.68 bits per heavy atom. The van der Waals surface area contributed by atoms with Crippen molar-refractivity contribution in [3.05, 3.63) is 29.8 Å². The molecule has 1 aromatic carbocycles. The van der Waals surface area contributed by atoms with Crippen molar-refractivity contribution in [2.24, 2.45) is 11.7 Å². The Labute approximate surface area is 114 Å². The monoisotopic (exact) mass is 284 g/mol. The number of ether oxygens (including phenoxy) is 1. The zero-order valence-corrected chi connectivity index (χ0v) is 12.0. The summed E-state index contributed by atoms with van der Waals surface area (Å²) in [4.78, 5) is 0.174. The van der Waals surface area contributed by atoms with Gasteiger partial charge in [-0.25, -0.2) is 8.42 Å². The van der Waals surface area contributed by atoms with E-state index in [1.807, 2.05) is 13.8 Å². The minimum absolute atomic E-state index is 0.0684. The lowest BCUT2D eigenvalue weighted by atomic mass is 10.2. The Morgan fingerprint density at radius 1 is 1.42 bits per heavy atom. The highest BCUT2D eigenvalue weighted by Gasteiger charge is 2.15. The summed E-state index contributed by atoms with van der Waals surface area (Å²) in [6.45, 7) is 4.73. The van der Waals surface area contributed by atoms with Crippen molar-refractivity contribution in [3.8, 4) is 0 Å². The van der Waals surface area contributed by atoms with Crippen molar-refractivity contribution in [3.63, 3.8) is 0 Å². The molecule has 106 valence electrons. The third-order valence-corrected chi connectivity index (χ3v) is 4.13. The molecule has 0 radical (unpaired) electrons. The smallest absolute Gasteiger partial charge is 0.180 e. The van der Waals surface area contributed by atoms with Crippen LogP contribution in [0.25, 0.3) is 0 Å². The second-order valence-electron chi connectivity index (χ2n) is 4.73. The third-order valence-electron chi connectivity index (χ3n) is 2.45. The molecule has 0 bridgehead atoms. The Bertz CT molecular complexity index is 539. The van der Waals surface area contributed by atoms with Gasteiger partial charge in [0.1, 0.15) is 5.84 Å². The molecule has 1 aromatic rings. The first kappa shape index (κ1) is 15.7. The maximum atomic E-state index is 12.1. The average Bonchev–Trinajstić information content (AvgIpc) is 2.34. The van der Waals surface area contributed by atoms with E-state index >= 15 is 0 Å². The van der Waals surface area contributed by atoms with Crippen LogP contribution in [0.4, 0.5) is 0 Å². The van der Waals surface area contributed by atoms with Gasteiger partial charge in [0, 0.05) is 12.2 Å². The molecule has 0 unspecified atom stereocenters. The van der Waals surface area contributed by atoms with Crippen LogP contribution in [-0.2, 0) is 14.6 Å². The molecule has 5 nitrogen and oxygen atoms in total. The van der Waals surface area contributed by atoms with Crippen molar-refractivity contribution >= 4 is 15.7 Å². The largest absolute Gasteiger partial charge is 0.384 e. The number of hydrogen-bond donors (Lipinski definition) is 2. The molecule has 0 heterocycles. The van der Waals surface area contributed by atoms with Crippen LogP contribution in [0.1, 0.15) is 19.4 Å². The predicted molar refractivity (Wildman–Crippen MR) is 75.2 cm³/mol. The van der Waals surface area contributed by atoms with Crippen molar-refractivity contribution < 1.29 is 13.2 Å². The molecule has 0 aromatic heterocycles. The minimum atomic E-state index is -3.39. The maximum absolute atomic E-state index is 12.1. The molecule has 0 aliphatic carbocycles. The summed E-state index contributed by atoms with van der Waals surface area (Å²) in [5.74, 6) is 0.165. The molecule has 0 aliphatic rings. The molecular formula is C13H20N2O3S. The fourth-order valence-electron chi connectivity index (χ4n) is 1.46. The van der Waals surface area contributed by atoms with Crippen LogP contribution in [0.15, 0.2) is 29.2 Å². The SMILES string of the molecule is CC(C)COCCS(=O)(=O)c1cccc(C(=N)N)c1. The fourth-order valence-corrected chi connectivity index (χ4v) is 2.63. The highest BCUT2D eigenvalue weighted by atomic mass is 32.2. The molecule has 0 aliphatic heterocycles. The zero-order valence-electron chi connectivity index (χ0n) is 11.2. The van der Waals surface area contributed by atoms with Crippen LogP contribution < -0.4 is 5.73 Å². The van der Waals surface area contributed by atoms with Crippen LogP contribution in [0, 0.1) is 11.3 Å². The van der Waals surface area contributed by atoms with Gasteiger partial charge < -0.3 is 10.5 Å². The highest BCUT2D eigenvalue weighted by molar-refractivity contribution is 7.91. The number of nitrogens with one attached hydrogen (secondary N) is 1. The topological polar surface area (TPSA) is 93.2 Å². The third kappa shape index (κ3) is 5.00. The second kappa shape index (κ2) is 6.68. The lowest BCUT2D eigenvalue weighted by Crippen LogP contribution is -2.16. The first-order valence-corrected chi connectivity index (χ1v) is 7.73. The van der Waals surface area contributed by atoms with Gasteiger partial charge in [0.05, 0.1) is 17.3 Å².